The maximum absolute atomic E-state index is 11.9. The van der Waals surface area contributed by atoms with Gasteiger partial charge in [0.1, 0.15) is 0 Å². The highest BCUT2D eigenvalue weighted by Gasteiger charge is 2.36. The second-order valence-corrected chi connectivity index (χ2v) is 5.99. The zero-order valence-corrected chi connectivity index (χ0v) is 13.0. The Balaban J connectivity index is 2.44. The van der Waals surface area contributed by atoms with Gasteiger partial charge >= 0.3 is 5.97 Å². The Morgan fingerprint density at radius 1 is 1.40 bits per heavy atom. The molecule has 0 atom stereocenters. The van der Waals surface area contributed by atoms with E-state index in [0.29, 0.717) is 25.8 Å². The third-order valence-corrected chi connectivity index (χ3v) is 4.50. The van der Waals surface area contributed by atoms with Gasteiger partial charge in [0.05, 0.1) is 16.1 Å². The largest absolute Gasteiger partial charge is 0.481 e. The first-order valence-corrected chi connectivity index (χ1v) is 7.72. The summed E-state index contributed by atoms with van der Waals surface area (Å²) in [6.45, 7) is 6.05. The molecule has 6 heteroatoms. The number of carbonyl (C=O) groups is 2. The summed E-state index contributed by atoms with van der Waals surface area (Å²) in [5.41, 5.74) is 0.0182. The van der Waals surface area contributed by atoms with E-state index in [1.807, 2.05) is 26.2 Å². The van der Waals surface area contributed by atoms with Gasteiger partial charge in [-0.1, -0.05) is 13.8 Å². The van der Waals surface area contributed by atoms with Crippen molar-refractivity contribution in [2.24, 2.45) is 5.41 Å². The van der Waals surface area contributed by atoms with E-state index >= 15 is 0 Å². The van der Waals surface area contributed by atoms with Gasteiger partial charge in [0.15, 0.2) is 0 Å². The zero-order chi connectivity index (χ0) is 15.2. The molecule has 0 radical (unpaired) electrons. The van der Waals surface area contributed by atoms with Crippen molar-refractivity contribution >= 4 is 23.2 Å². The molecule has 0 aliphatic rings. The number of aromatic nitrogens is 1. The van der Waals surface area contributed by atoms with Crippen LogP contribution in [0.5, 0.6) is 0 Å². The van der Waals surface area contributed by atoms with Crippen LogP contribution in [-0.4, -0.2) is 28.5 Å². The highest BCUT2D eigenvalue weighted by Crippen LogP contribution is 2.30. The SMILES string of the molecule is CCC(CC)(CC(=O)NCCc1csc(C)n1)C(=O)O. The van der Waals surface area contributed by atoms with Crippen molar-refractivity contribution < 1.29 is 14.7 Å². The third-order valence-electron chi connectivity index (χ3n) is 3.68. The van der Waals surface area contributed by atoms with Gasteiger partial charge in [-0.25, -0.2) is 4.98 Å². The predicted molar refractivity (Wildman–Crippen MR) is 78.8 cm³/mol. The fraction of sp³-hybridized carbons (Fsp3) is 0.643. The van der Waals surface area contributed by atoms with Gasteiger partial charge in [-0.15, -0.1) is 11.3 Å². The summed E-state index contributed by atoms with van der Waals surface area (Å²) in [6, 6.07) is 0. The molecule has 1 rings (SSSR count). The van der Waals surface area contributed by atoms with Crippen LogP contribution in [0.1, 0.15) is 43.8 Å². The minimum Gasteiger partial charge on any atom is -0.481 e. The molecule has 2 N–H and O–H groups in total. The quantitative estimate of drug-likeness (QED) is 0.772. The fourth-order valence-corrected chi connectivity index (χ4v) is 2.75. The standard InChI is InChI=1S/C14H22N2O3S/c1-4-14(5-2,13(18)19)8-12(17)15-7-6-11-9-20-10(3)16-11/h9H,4-8H2,1-3H3,(H,15,17)(H,18,19). The molecule has 1 aromatic rings. The number of aryl methyl sites for hydroxylation is 1. The number of aliphatic carboxylic acids is 1. The van der Waals surface area contributed by atoms with E-state index in [1.165, 1.54) is 0 Å². The van der Waals surface area contributed by atoms with E-state index in [1.54, 1.807) is 11.3 Å². The van der Waals surface area contributed by atoms with Crippen molar-refractivity contribution in [1.29, 1.82) is 0 Å². The van der Waals surface area contributed by atoms with Crippen LogP contribution >= 0.6 is 11.3 Å². The van der Waals surface area contributed by atoms with E-state index in [-0.39, 0.29) is 12.3 Å². The summed E-state index contributed by atoms with van der Waals surface area (Å²) in [5.74, 6) is -1.10. The lowest BCUT2D eigenvalue weighted by atomic mass is 9.79. The highest BCUT2D eigenvalue weighted by molar-refractivity contribution is 7.09. The molecule has 20 heavy (non-hydrogen) atoms. The number of nitrogens with one attached hydrogen (secondary N) is 1. The molecule has 0 saturated heterocycles. The Morgan fingerprint density at radius 2 is 2.05 bits per heavy atom. The van der Waals surface area contributed by atoms with Gasteiger partial charge in [0, 0.05) is 24.8 Å². The average molecular weight is 298 g/mol. The van der Waals surface area contributed by atoms with Crippen LogP contribution in [0.3, 0.4) is 0 Å². The van der Waals surface area contributed by atoms with Gasteiger partial charge in [0.2, 0.25) is 5.91 Å². The van der Waals surface area contributed by atoms with Crippen LogP contribution in [0, 0.1) is 12.3 Å². The molecule has 0 aliphatic heterocycles. The fourth-order valence-electron chi connectivity index (χ4n) is 2.10. The molecule has 0 unspecified atom stereocenters. The monoisotopic (exact) mass is 298 g/mol. The molecule has 1 heterocycles. The third kappa shape index (κ3) is 4.30. The van der Waals surface area contributed by atoms with Crippen molar-refractivity contribution in [3.05, 3.63) is 16.1 Å². The number of carbonyl (C=O) groups excluding carboxylic acids is 1. The first-order valence-electron chi connectivity index (χ1n) is 6.84. The predicted octanol–water partition coefficient (Wildman–Crippen LogP) is 2.39. The van der Waals surface area contributed by atoms with Crippen LogP contribution in [-0.2, 0) is 16.0 Å². The van der Waals surface area contributed by atoms with Crippen molar-refractivity contribution in [3.8, 4) is 0 Å². The highest BCUT2D eigenvalue weighted by atomic mass is 32.1. The topological polar surface area (TPSA) is 79.3 Å². The van der Waals surface area contributed by atoms with Crippen LogP contribution in [0.25, 0.3) is 0 Å². The van der Waals surface area contributed by atoms with Crippen molar-refractivity contribution in [1.82, 2.24) is 10.3 Å². The van der Waals surface area contributed by atoms with Crippen molar-refractivity contribution in [2.75, 3.05) is 6.54 Å². The molecule has 0 aromatic carbocycles. The average Bonchev–Trinajstić information content (AvgIpc) is 2.81. The van der Waals surface area contributed by atoms with Gasteiger partial charge in [0.25, 0.3) is 0 Å². The molecular weight excluding hydrogens is 276 g/mol. The number of carboxylic acids is 1. The lowest BCUT2D eigenvalue weighted by Gasteiger charge is -2.25. The Bertz CT molecular complexity index is 467. The number of amides is 1. The number of carboxylic acid groups (broad SMARTS) is 1. The molecule has 0 bridgehead atoms. The first kappa shape index (κ1) is 16.6. The number of rotatable bonds is 8. The molecule has 0 spiro atoms. The summed E-state index contributed by atoms with van der Waals surface area (Å²) in [7, 11) is 0. The van der Waals surface area contributed by atoms with Crippen LogP contribution in [0.4, 0.5) is 0 Å². The minimum atomic E-state index is -0.943. The summed E-state index contributed by atoms with van der Waals surface area (Å²) < 4.78 is 0. The Hall–Kier alpha value is -1.43. The smallest absolute Gasteiger partial charge is 0.310 e. The molecular formula is C14H22N2O3S. The Labute approximate surface area is 123 Å². The second kappa shape index (κ2) is 7.38. The number of hydrogen-bond acceptors (Lipinski definition) is 4. The maximum Gasteiger partial charge on any atom is 0.310 e. The minimum absolute atomic E-state index is 0.0332. The van der Waals surface area contributed by atoms with Crippen molar-refractivity contribution in [2.45, 2.75) is 46.5 Å². The normalized spacial score (nSPS) is 11.3. The molecule has 0 fully saturated rings. The van der Waals surface area contributed by atoms with E-state index in [0.717, 1.165) is 10.7 Å². The second-order valence-electron chi connectivity index (χ2n) is 4.93. The summed E-state index contributed by atoms with van der Waals surface area (Å²) in [4.78, 5) is 27.5. The van der Waals surface area contributed by atoms with E-state index < -0.39 is 11.4 Å². The molecule has 5 nitrogen and oxygen atoms in total. The Morgan fingerprint density at radius 3 is 2.50 bits per heavy atom. The zero-order valence-electron chi connectivity index (χ0n) is 12.2. The number of hydrogen-bond donors (Lipinski definition) is 2. The van der Waals surface area contributed by atoms with Gasteiger partial charge in [-0.3, -0.25) is 9.59 Å². The molecule has 0 aliphatic carbocycles. The first-order chi connectivity index (χ1) is 9.43. The maximum atomic E-state index is 11.9. The van der Waals surface area contributed by atoms with Crippen LogP contribution in [0.15, 0.2) is 5.38 Å². The lowest BCUT2D eigenvalue weighted by molar-refractivity contribution is -0.152. The van der Waals surface area contributed by atoms with E-state index in [9.17, 15) is 14.7 Å². The molecule has 0 saturated carbocycles. The molecule has 112 valence electrons. The molecule has 1 aromatic heterocycles. The summed E-state index contributed by atoms with van der Waals surface area (Å²) in [6.07, 6.45) is 1.62. The Kier molecular flexibility index (Phi) is 6.13. The van der Waals surface area contributed by atoms with E-state index in [4.69, 9.17) is 0 Å². The van der Waals surface area contributed by atoms with Crippen molar-refractivity contribution in [3.63, 3.8) is 0 Å². The van der Waals surface area contributed by atoms with Crippen LogP contribution in [0.2, 0.25) is 0 Å². The lowest BCUT2D eigenvalue weighted by Crippen LogP contribution is -2.37. The number of thiazole rings is 1. The summed E-state index contributed by atoms with van der Waals surface area (Å²) in [5, 5.41) is 15.1. The molecule has 1 amide bonds. The van der Waals surface area contributed by atoms with Crippen LogP contribution < -0.4 is 5.32 Å². The van der Waals surface area contributed by atoms with E-state index in [2.05, 4.69) is 10.3 Å². The van der Waals surface area contributed by atoms with Gasteiger partial charge < -0.3 is 10.4 Å². The summed E-state index contributed by atoms with van der Waals surface area (Å²) >= 11 is 1.58. The van der Waals surface area contributed by atoms with Gasteiger partial charge in [-0.2, -0.15) is 0 Å². The number of nitrogens with zero attached hydrogens (tertiary/aromatic N) is 1. The van der Waals surface area contributed by atoms with Gasteiger partial charge in [-0.05, 0) is 19.8 Å².